The van der Waals surface area contributed by atoms with Gasteiger partial charge in [-0.25, -0.2) is 4.79 Å². The summed E-state index contributed by atoms with van der Waals surface area (Å²) in [5.74, 6) is -1.50. The minimum absolute atomic E-state index is 0.0950. The van der Waals surface area contributed by atoms with Gasteiger partial charge in [0.15, 0.2) is 5.75 Å². The van der Waals surface area contributed by atoms with Crippen LogP contribution in [0.5, 0.6) is 17.2 Å². The summed E-state index contributed by atoms with van der Waals surface area (Å²) in [4.78, 5) is 12.7. The fraction of sp³-hybridized carbons (Fsp3) is 0.133. The number of carbonyl (C=O) groups is 1. The van der Waals surface area contributed by atoms with Crippen molar-refractivity contribution >= 4 is 91.0 Å². The van der Waals surface area contributed by atoms with Crippen LogP contribution in [0.4, 0.5) is 13.2 Å². The molecule has 0 radical (unpaired) electrons. The van der Waals surface area contributed by atoms with Crippen LogP contribution in [0.3, 0.4) is 0 Å². The van der Waals surface area contributed by atoms with Crippen LogP contribution in [0.25, 0.3) is 0 Å². The third-order valence-electron chi connectivity index (χ3n) is 2.83. The van der Waals surface area contributed by atoms with Gasteiger partial charge in [0.25, 0.3) is 0 Å². The van der Waals surface area contributed by atoms with Crippen LogP contribution < -0.4 is 13.7 Å². The standard InChI is InChI=1S/C15H10BrF3O4S7/c1-26-27-28-29-30(24,25)23-12-8-11(16)13(22-15(17,18)19)7-10(12)14(20)21-9-5-3-2-4-6-9/h2-8H,1H3. The second kappa shape index (κ2) is 11.7. The highest BCUT2D eigenvalue weighted by Gasteiger charge is 2.33. The zero-order chi connectivity index (χ0) is 22.4. The highest BCUT2D eigenvalue weighted by molar-refractivity contribution is 9.38. The lowest BCUT2D eigenvalue weighted by atomic mass is 10.2. The maximum Gasteiger partial charge on any atom is 0.573 e. The first-order valence-corrected chi connectivity index (χ1v) is 17.3. The maximum atomic E-state index is 12.7. The number of benzene rings is 2. The maximum absolute atomic E-state index is 12.7. The minimum Gasteiger partial charge on any atom is -0.423 e. The molecule has 0 atom stereocenters. The zero-order valence-corrected chi connectivity index (χ0v) is 21.8. The van der Waals surface area contributed by atoms with Gasteiger partial charge in [0, 0.05) is 54.2 Å². The van der Waals surface area contributed by atoms with Crippen molar-refractivity contribution in [2.45, 2.75) is 6.36 Å². The molecule has 0 saturated heterocycles. The third-order valence-corrected chi connectivity index (χ3v) is 15.8. The van der Waals surface area contributed by atoms with Crippen LogP contribution in [-0.2, 0) is 28.8 Å². The Labute approximate surface area is 203 Å². The number of para-hydroxylation sites is 1. The molecule has 164 valence electrons. The largest absolute Gasteiger partial charge is 0.573 e. The molecule has 0 aliphatic rings. The van der Waals surface area contributed by atoms with Gasteiger partial charge < -0.3 is 13.7 Å². The lowest BCUT2D eigenvalue weighted by molar-refractivity contribution is -0.274. The summed E-state index contributed by atoms with van der Waals surface area (Å²) < 4.78 is 52.9. The number of rotatable bonds is 9. The molecule has 0 fully saturated rings. The van der Waals surface area contributed by atoms with Crippen molar-refractivity contribution in [2.24, 2.45) is 0 Å². The Morgan fingerprint density at radius 1 is 1.10 bits per heavy atom. The molecule has 30 heavy (non-hydrogen) atoms. The first-order valence-electron chi connectivity index (χ1n) is 7.37. The lowest BCUT2D eigenvalue weighted by Gasteiger charge is -2.17. The predicted octanol–water partition coefficient (Wildman–Crippen LogP) is 7.16. The van der Waals surface area contributed by atoms with Crippen molar-refractivity contribution in [3.8, 4) is 17.2 Å². The van der Waals surface area contributed by atoms with Gasteiger partial charge in [-0.2, -0.15) is 0 Å². The smallest absolute Gasteiger partial charge is 0.423 e. The SMILES string of the molecule is CSSSSS(=S)(=S)Oc1cc(Br)c(OC(F)(F)F)cc1C(=O)Oc1ccccc1. The fourth-order valence-corrected chi connectivity index (χ4v) is 15.0. The lowest BCUT2D eigenvalue weighted by Crippen LogP contribution is -2.19. The molecule has 2 rings (SSSR count). The van der Waals surface area contributed by atoms with Gasteiger partial charge in [0.05, 0.1) is 4.47 Å². The summed E-state index contributed by atoms with van der Waals surface area (Å²) in [6.07, 6.45) is -3.09. The van der Waals surface area contributed by atoms with Gasteiger partial charge in [-0.1, -0.05) is 29.0 Å². The molecule has 0 saturated carbocycles. The van der Waals surface area contributed by atoms with Crippen LogP contribution in [0.1, 0.15) is 10.4 Å². The van der Waals surface area contributed by atoms with Crippen LogP contribution >= 0.6 is 56.2 Å². The summed E-state index contributed by atoms with van der Waals surface area (Å²) in [5.41, 5.74) is -0.309. The van der Waals surface area contributed by atoms with Crippen molar-refractivity contribution in [3.63, 3.8) is 0 Å². The highest BCUT2D eigenvalue weighted by Crippen LogP contribution is 2.46. The summed E-state index contributed by atoms with van der Waals surface area (Å²) in [6.45, 7) is -2.58. The van der Waals surface area contributed by atoms with Crippen molar-refractivity contribution in [1.29, 1.82) is 0 Å². The van der Waals surface area contributed by atoms with Gasteiger partial charge in [-0.15, -0.1) is 13.2 Å². The molecular formula is C15H10BrF3O4S7. The van der Waals surface area contributed by atoms with E-state index in [0.29, 0.717) is 0 Å². The number of ether oxygens (including phenoxy) is 2. The number of esters is 1. The van der Waals surface area contributed by atoms with Crippen LogP contribution in [-0.4, -0.2) is 18.6 Å². The van der Waals surface area contributed by atoms with Gasteiger partial charge >= 0.3 is 12.3 Å². The molecule has 4 nitrogen and oxygen atoms in total. The van der Waals surface area contributed by atoms with Gasteiger partial charge in [0.1, 0.15) is 23.5 Å². The Morgan fingerprint density at radius 3 is 2.37 bits per heavy atom. The van der Waals surface area contributed by atoms with Crippen molar-refractivity contribution in [2.75, 3.05) is 6.26 Å². The molecule has 0 bridgehead atoms. The second-order valence-electron chi connectivity index (χ2n) is 4.89. The molecule has 0 aromatic heterocycles. The van der Waals surface area contributed by atoms with E-state index in [4.69, 9.17) is 31.3 Å². The number of halogens is 4. The first kappa shape index (κ1) is 26.2. The summed E-state index contributed by atoms with van der Waals surface area (Å²) in [5, 5.41) is 0. The van der Waals surface area contributed by atoms with Crippen LogP contribution in [0.2, 0.25) is 0 Å². The Kier molecular flexibility index (Phi) is 10.2. The Bertz CT molecular complexity index is 988. The van der Waals surface area contributed by atoms with E-state index in [1.54, 1.807) is 18.2 Å². The average molecular weight is 616 g/mol. The molecule has 2 aromatic rings. The molecule has 0 N–H and O–H groups in total. The highest BCUT2D eigenvalue weighted by atomic mass is 79.9. The average Bonchev–Trinajstić information content (AvgIpc) is 2.63. The monoisotopic (exact) mass is 614 g/mol. The quantitative estimate of drug-likeness (QED) is 0.126. The number of hydrogen-bond donors (Lipinski definition) is 0. The van der Waals surface area contributed by atoms with Crippen molar-refractivity contribution in [1.82, 2.24) is 0 Å². The molecule has 0 spiro atoms. The summed E-state index contributed by atoms with van der Waals surface area (Å²) >= 11 is 13.6. The number of alkyl halides is 3. The number of hydrogen-bond acceptors (Lipinski definition) is 10. The van der Waals surface area contributed by atoms with E-state index in [0.717, 1.165) is 22.0 Å². The van der Waals surface area contributed by atoms with Crippen molar-refractivity contribution in [3.05, 3.63) is 52.5 Å². The summed E-state index contributed by atoms with van der Waals surface area (Å²) in [7, 11) is 5.34. The Hall–Kier alpha value is -0.0300. The van der Waals surface area contributed by atoms with E-state index in [1.165, 1.54) is 42.6 Å². The van der Waals surface area contributed by atoms with Crippen LogP contribution in [0, 0.1) is 0 Å². The normalized spacial score (nSPS) is 11.8. The summed E-state index contributed by atoms with van der Waals surface area (Å²) in [6, 6.07) is 10.0. The topological polar surface area (TPSA) is 44.8 Å². The Morgan fingerprint density at radius 2 is 1.77 bits per heavy atom. The molecule has 0 unspecified atom stereocenters. The van der Waals surface area contributed by atoms with Gasteiger partial charge in [-0.05, 0) is 44.1 Å². The van der Waals surface area contributed by atoms with E-state index in [-0.39, 0.29) is 21.5 Å². The second-order valence-corrected chi connectivity index (χ2v) is 19.5. The van der Waals surface area contributed by atoms with Crippen LogP contribution in [0.15, 0.2) is 46.9 Å². The molecule has 15 heteroatoms. The molecular weight excluding hydrogens is 606 g/mol. The van der Waals surface area contributed by atoms with E-state index in [2.05, 4.69) is 20.7 Å². The van der Waals surface area contributed by atoms with E-state index >= 15 is 0 Å². The minimum atomic E-state index is -4.96. The van der Waals surface area contributed by atoms with E-state index < -0.39 is 24.5 Å². The fourth-order valence-electron chi connectivity index (χ4n) is 1.81. The number of carbonyl (C=O) groups excluding carboxylic acids is 1. The predicted molar refractivity (Wildman–Crippen MR) is 131 cm³/mol. The van der Waals surface area contributed by atoms with E-state index in [1.807, 2.05) is 6.26 Å². The van der Waals surface area contributed by atoms with E-state index in [9.17, 15) is 18.0 Å². The first-order chi connectivity index (χ1) is 14.0. The van der Waals surface area contributed by atoms with Gasteiger partial charge in [0.2, 0.25) is 0 Å². The Balaban J connectivity index is 2.41. The molecule has 0 amide bonds. The third kappa shape index (κ3) is 8.84. The van der Waals surface area contributed by atoms with Gasteiger partial charge in [-0.3, -0.25) is 0 Å². The zero-order valence-electron chi connectivity index (χ0n) is 14.5. The molecule has 2 aromatic carbocycles. The van der Waals surface area contributed by atoms with Crippen molar-refractivity contribution < 1.29 is 31.6 Å². The molecule has 0 heterocycles. The molecule has 0 aliphatic carbocycles. The molecule has 0 aliphatic heterocycles.